The van der Waals surface area contributed by atoms with E-state index in [1.807, 2.05) is 13.8 Å². The van der Waals surface area contributed by atoms with E-state index in [9.17, 15) is 5.11 Å². The highest BCUT2D eigenvalue weighted by molar-refractivity contribution is 4.75. The number of rotatable bonds is 5. The minimum atomic E-state index is -0.582. The quantitative estimate of drug-likeness (QED) is 0.754. The van der Waals surface area contributed by atoms with Crippen LogP contribution in [0.4, 0.5) is 0 Å². The molecule has 1 N–H and O–H groups in total. The summed E-state index contributed by atoms with van der Waals surface area (Å²) < 4.78 is 5.35. The third-order valence-electron chi connectivity index (χ3n) is 2.92. The van der Waals surface area contributed by atoms with Gasteiger partial charge in [-0.15, -0.1) is 0 Å². The molecule has 0 aromatic carbocycles. The van der Waals surface area contributed by atoms with Gasteiger partial charge in [-0.05, 0) is 39.2 Å². The van der Waals surface area contributed by atoms with E-state index < -0.39 is 5.60 Å². The molecule has 0 unspecified atom stereocenters. The highest BCUT2D eigenvalue weighted by Crippen LogP contribution is 2.17. The van der Waals surface area contributed by atoms with Crippen LogP contribution >= 0.6 is 0 Å². The highest BCUT2D eigenvalue weighted by Gasteiger charge is 2.21. The SMILES string of the molecule is CCN(CC1CCOCC1)CC(C)(C)O. The fourth-order valence-electron chi connectivity index (χ4n) is 2.15. The first-order valence-corrected chi connectivity index (χ1v) is 6.04. The summed E-state index contributed by atoms with van der Waals surface area (Å²) in [4.78, 5) is 2.34. The maximum atomic E-state index is 9.78. The van der Waals surface area contributed by atoms with Crippen molar-refractivity contribution < 1.29 is 9.84 Å². The normalized spacial score (nSPS) is 19.8. The second-order valence-corrected chi connectivity index (χ2v) is 5.20. The van der Waals surface area contributed by atoms with Crippen molar-refractivity contribution in [2.45, 2.75) is 39.2 Å². The van der Waals surface area contributed by atoms with E-state index in [0.29, 0.717) is 0 Å². The van der Waals surface area contributed by atoms with E-state index in [0.717, 1.165) is 38.8 Å². The predicted octanol–water partition coefficient (Wildman–Crippen LogP) is 1.51. The molecule has 15 heavy (non-hydrogen) atoms. The number of hydrogen-bond donors (Lipinski definition) is 1. The summed E-state index contributed by atoms with van der Waals surface area (Å²) in [6.07, 6.45) is 2.34. The maximum absolute atomic E-state index is 9.78. The molecule has 0 spiro atoms. The minimum Gasteiger partial charge on any atom is -0.389 e. The van der Waals surface area contributed by atoms with Gasteiger partial charge in [-0.25, -0.2) is 0 Å². The van der Waals surface area contributed by atoms with E-state index in [-0.39, 0.29) is 0 Å². The summed E-state index contributed by atoms with van der Waals surface area (Å²) in [5, 5.41) is 9.78. The standard InChI is InChI=1S/C12H25NO2/c1-4-13(10-12(2,3)14)9-11-5-7-15-8-6-11/h11,14H,4-10H2,1-3H3. The number of ether oxygens (including phenoxy) is 1. The monoisotopic (exact) mass is 215 g/mol. The molecular weight excluding hydrogens is 190 g/mol. The molecule has 0 saturated carbocycles. The summed E-state index contributed by atoms with van der Waals surface area (Å²) in [5.41, 5.74) is -0.582. The van der Waals surface area contributed by atoms with Gasteiger partial charge < -0.3 is 14.7 Å². The summed E-state index contributed by atoms with van der Waals surface area (Å²) in [5.74, 6) is 0.751. The topological polar surface area (TPSA) is 32.7 Å². The number of likely N-dealkylation sites (N-methyl/N-ethyl adjacent to an activating group) is 1. The second-order valence-electron chi connectivity index (χ2n) is 5.20. The van der Waals surface area contributed by atoms with Gasteiger partial charge in [-0.2, -0.15) is 0 Å². The van der Waals surface area contributed by atoms with Crippen LogP contribution in [-0.2, 0) is 4.74 Å². The average molecular weight is 215 g/mol. The molecule has 3 heteroatoms. The number of nitrogens with zero attached hydrogens (tertiary/aromatic N) is 1. The fraction of sp³-hybridized carbons (Fsp3) is 1.00. The highest BCUT2D eigenvalue weighted by atomic mass is 16.5. The van der Waals surface area contributed by atoms with Crippen LogP contribution in [0.2, 0.25) is 0 Å². The first-order valence-electron chi connectivity index (χ1n) is 6.04. The summed E-state index contributed by atoms with van der Waals surface area (Å²) in [6, 6.07) is 0. The lowest BCUT2D eigenvalue weighted by Gasteiger charge is -2.32. The Morgan fingerprint density at radius 1 is 1.33 bits per heavy atom. The van der Waals surface area contributed by atoms with Gasteiger partial charge in [-0.3, -0.25) is 0 Å². The van der Waals surface area contributed by atoms with E-state index in [1.165, 1.54) is 12.8 Å². The molecule has 0 radical (unpaired) electrons. The summed E-state index contributed by atoms with van der Waals surface area (Å²) >= 11 is 0. The molecule has 1 aliphatic rings. The summed E-state index contributed by atoms with van der Waals surface area (Å²) in [7, 11) is 0. The molecule has 0 bridgehead atoms. The molecule has 1 aliphatic heterocycles. The van der Waals surface area contributed by atoms with Crippen LogP contribution in [0.25, 0.3) is 0 Å². The van der Waals surface area contributed by atoms with E-state index in [2.05, 4.69) is 11.8 Å². The third-order valence-corrected chi connectivity index (χ3v) is 2.92. The smallest absolute Gasteiger partial charge is 0.0718 e. The first-order chi connectivity index (χ1) is 7.01. The molecule has 0 atom stereocenters. The van der Waals surface area contributed by atoms with Crippen LogP contribution in [0.1, 0.15) is 33.6 Å². The number of hydrogen-bond acceptors (Lipinski definition) is 3. The molecule has 0 aromatic heterocycles. The van der Waals surface area contributed by atoms with E-state index >= 15 is 0 Å². The Bertz CT molecular complexity index is 171. The van der Waals surface area contributed by atoms with Crippen LogP contribution in [0, 0.1) is 5.92 Å². The van der Waals surface area contributed by atoms with Crippen LogP contribution in [0.3, 0.4) is 0 Å². The van der Waals surface area contributed by atoms with Crippen LogP contribution in [-0.4, -0.2) is 48.5 Å². The Labute approximate surface area is 93.4 Å². The Balaban J connectivity index is 2.31. The van der Waals surface area contributed by atoms with Crippen LogP contribution in [0.5, 0.6) is 0 Å². The zero-order valence-electron chi connectivity index (χ0n) is 10.3. The van der Waals surface area contributed by atoms with Gasteiger partial charge in [0.05, 0.1) is 5.60 Å². The molecule has 3 nitrogen and oxygen atoms in total. The molecule has 1 heterocycles. The molecular formula is C12H25NO2. The van der Waals surface area contributed by atoms with Gasteiger partial charge in [0.2, 0.25) is 0 Å². The molecule has 90 valence electrons. The lowest BCUT2D eigenvalue weighted by Crippen LogP contribution is -2.41. The van der Waals surface area contributed by atoms with E-state index in [4.69, 9.17) is 4.74 Å². The third kappa shape index (κ3) is 5.50. The molecule has 1 saturated heterocycles. The Morgan fingerprint density at radius 2 is 1.93 bits per heavy atom. The van der Waals surface area contributed by atoms with Gasteiger partial charge in [0, 0.05) is 26.3 Å². The summed E-state index contributed by atoms with van der Waals surface area (Å²) in [6.45, 7) is 10.6. The second kappa shape index (κ2) is 5.83. The van der Waals surface area contributed by atoms with E-state index in [1.54, 1.807) is 0 Å². The van der Waals surface area contributed by atoms with Crippen molar-refractivity contribution in [3.05, 3.63) is 0 Å². The van der Waals surface area contributed by atoms with Gasteiger partial charge >= 0.3 is 0 Å². The molecule has 1 fully saturated rings. The van der Waals surface area contributed by atoms with Crippen molar-refractivity contribution in [3.63, 3.8) is 0 Å². The maximum Gasteiger partial charge on any atom is 0.0718 e. The van der Waals surface area contributed by atoms with Crippen molar-refractivity contribution in [2.75, 3.05) is 32.8 Å². The Hall–Kier alpha value is -0.120. The predicted molar refractivity (Wildman–Crippen MR) is 62.0 cm³/mol. The van der Waals surface area contributed by atoms with Crippen LogP contribution in [0.15, 0.2) is 0 Å². The van der Waals surface area contributed by atoms with Crippen molar-refractivity contribution in [2.24, 2.45) is 5.92 Å². The largest absolute Gasteiger partial charge is 0.389 e. The van der Waals surface area contributed by atoms with Gasteiger partial charge in [0.1, 0.15) is 0 Å². The molecule has 0 aromatic rings. The number of aliphatic hydroxyl groups is 1. The van der Waals surface area contributed by atoms with Gasteiger partial charge in [0.25, 0.3) is 0 Å². The average Bonchev–Trinajstić information content (AvgIpc) is 2.16. The zero-order valence-corrected chi connectivity index (χ0v) is 10.3. The van der Waals surface area contributed by atoms with Gasteiger partial charge in [-0.1, -0.05) is 6.92 Å². The lowest BCUT2D eigenvalue weighted by atomic mass is 9.99. The Morgan fingerprint density at radius 3 is 2.40 bits per heavy atom. The van der Waals surface area contributed by atoms with Crippen molar-refractivity contribution in [1.29, 1.82) is 0 Å². The lowest BCUT2D eigenvalue weighted by molar-refractivity contribution is 0.0160. The minimum absolute atomic E-state index is 0.582. The molecule has 0 amide bonds. The van der Waals surface area contributed by atoms with Gasteiger partial charge in [0.15, 0.2) is 0 Å². The van der Waals surface area contributed by atoms with Crippen molar-refractivity contribution in [1.82, 2.24) is 4.90 Å². The van der Waals surface area contributed by atoms with Crippen molar-refractivity contribution in [3.8, 4) is 0 Å². The van der Waals surface area contributed by atoms with Crippen molar-refractivity contribution >= 4 is 0 Å². The van der Waals surface area contributed by atoms with Crippen LogP contribution < -0.4 is 0 Å². The molecule has 0 aliphatic carbocycles. The molecule has 1 rings (SSSR count). The fourth-order valence-corrected chi connectivity index (χ4v) is 2.15. The zero-order chi connectivity index (χ0) is 11.3. The Kier molecular flexibility index (Phi) is 5.03. The first kappa shape index (κ1) is 12.9.